The summed E-state index contributed by atoms with van der Waals surface area (Å²) in [6.07, 6.45) is -0.664. The molecule has 26 heavy (non-hydrogen) atoms. The smallest absolute Gasteiger partial charge is 0.338 e. The van der Waals surface area contributed by atoms with Gasteiger partial charge in [-0.05, 0) is 48.7 Å². The van der Waals surface area contributed by atoms with Crippen molar-refractivity contribution in [3.63, 3.8) is 0 Å². The highest BCUT2D eigenvalue weighted by atomic mass is 35.5. The fraction of sp³-hybridized carbons (Fsp3) is 0.111. The number of carbonyl (C=O) groups is 1. The molecule has 130 valence electrons. The summed E-state index contributed by atoms with van der Waals surface area (Å²) in [5.74, 6) is 0.174. The monoisotopic (exact) mass is 385 g/mol. The Balaban J connectivity index is 1.51. The van der Waals surface area contributed by atoms with Crippen LogP contribution in [0.5, 0.6) is 0 Å². The Bertz CT molecular complexity index is 1080. The lowest BCUT2D eigenvalue weighted by Crippen LogP contribution is -2.09. The van der Waals surface area contributed by atoms with Crippen LogP contribution in [0.25, 0.3) is 21.7 Å². The summed E-state index contributed by atoms with van der Waals surface area (Å²) in [6.45, 7) is 1.69. The van der Waals surface area contributed by atoms with E-state index in [0.717, 1.165) is 10.3 Å². The van der Waals surface area contributed by atoms with Crippen LogP contribution in [0.15, 0.2) is 52.3 Å². The van der Waals surface area contributed by atoms with Gasteiger partial charge >= 0.3 is 5.97 Å². The number of hydrogen-bond donors (Lipinski definition) is 0. The number of ether oxygens (including phenoxy) is 1. The van der Waals surface area contributed by atoms with E-state index in [-0.39, 0.29) is 5.89 Å². The summed E-state index contributed by atoms with van der Waals surface area (Å²) in [4.78, 5) is 17.5. The highest BCUT2D eigenvalue weighted by Crippen LogP contribution is 2.26. The van der Waals surface area contributed by atoms with Crippen molar-refractivity contribution in [1.29, 1.82) is 0 Å². The van der Waals surface area contributed by atoms with Gasteiger partial charge in [-0.1, -0.05) is 17.7 Å². The standard InChI is InChI=1S/C18H12ClN3O3S/c1-10(16-21-22-17(25-16)14-3-2-8-26-14)24-18(23)12-4-6-13-11(9-12)5-7-15(19)20-13/h2-10H,1H3. The number of hydrogen-bond acceptors (Lipinski definition) is 7. The average molecular weight is 386 g/mol. The molecule has 8 heteroatoms. The summed E-state index contributed by atoms with van der Waals surface area (Å²) in [5.41, 5.74) is 1.12. The molecule has 0 amide bonds. The Hall–Kier alpha value is -2.77. The first kappa shape index (κ1) is 16.7. The molecule has 1 unspecified atom stereocenters. The molecule has 0 aliphatic carbocycles. The number of benzene rings is 1. The quantitative estimate of drug-likeness (QED) is 0.366. The van der Waals surface area contributed by atoms with Crippen LogP contribution in [0, 0.1) is 0 Å². The molecule has 0 spiro atoms. The molecule has 0 N–H and O–H groups in total. The minimum atomic E-state index is -0.664. The van der Waals surface area contributed by atoms with Crippen molar-refractivity contribution >= 4 is 39.8 Å². The zero-order valence-electron chi connectivity index (χ0n) is 13.5. The number of esters is 1. The van der Waals surface area contributed by atoms with E-state index >= 15 is 0 Å². The van der Waals surface area contributed by atoms with Gasteiger partial charge in [0.1, 0.15) is 5.15 Å². The largest absolute Gasteiger partial charge is 0.449 e. The maximum Gasteiger partial charge on any atom is 0.338 e. The van der Waals surface area contributed by atoms with Crippen molar-refractivity contribution in [2.75, 3.05) is 0 Å². The SMILES string of the molecule is CC(OC(=O)c1ccc2nc(Cl)ccc2c1)c1nnc(-c2cccs2)o1. The van der Waals surface area contributed by atoms with Gasteiger partial charge in [-0.25, -0.2) is 9.78 Å². The van der Waals surface area contributed by atoms with Crippen LogP contribution < -0.4 is 0 Å². The second-order valence-electron chi connectivity index (χ2n) is 5.51. The van der Waals surface area contributed by atoms with E-state index in [4.69, 9.17) is 20.8 Å². The third-order valence-corrected chi connectivity index (χ3v) is 4.76. The zero-order chi connectivity index (χ0) is 18.1. The van der Waals surface area contributed by atoms with Gasteiger partial charge in [0.2, 0.25) is 0 Å². The summed E-state index contributed by atoms with van der Waals surface area (Å²) in [7, 11) is 0. The molecule has 0 fully saturated rings. The van der Waals surface area contributed by atoms with E-state index in [1.54, 1.807) is 37.3 Å². The number of aromatic nitrogens is 3. The summed E-state index contributed by atoms with van der Waals surface area (Å²) in [5, 5.41) is 11.1. The molecule has 1 atom stereocenters. The first-order chi connectivity index (χ1) is 12.6. The second-order valence-corrected chi connectivity index (χ2v) is 6.85. The van der Waals surface area contributed by atoms with Crippen LogP contribution in [0.4, 0.5) is 0 Å². The number of carbonyl (C=O) groups excluding carboxylic acids is 1. The maximum atomic E-state index is 12.4. The highest BCUT2D eigenvalue weighted by molar-refractivity contribution is 7.13. The summed E-state index contributed by atoms with van der Waals surface area (Å²) in [6, 6.07) is 12.3. The summed E-state index contributed by atoms with van der Waals surface area (Å²) < 4.78 is 11.0. The first-order valence-electron chi connectivity index (χ1n) is 7.75. The van der Waals surface area contributed by atoms with E-state index in [9.17, 15) is 4.79 Å². The number of rotatable bonds is 4. The topological polar surface area (TPSA) is 78.1 Å². The molecule has 0 radical (unpaired) electrons. The van der Waals surface area contributed by atoms with Gasteiger partial charge in [0.15, 0.2) is 6.10 Å². The Morgan fingerprint density at radius 2 is 2.12 bits per heavy atom. The molecule has 0 saturated heterocycles. The highest BCUT2D eigenvalue weighted by Gasteiger charge is 2.20. The lowest BCUT2D eigenvalue weighted by Gasteiger charge is -2.09. The van der Waals surface area contributed by atoms with Gasteiger partial charge in [-0.15, -0.1) is 21.5 Å². The molecule has 1 aromatic carbocycles. The predicted octanol–water partition coefficient (Wildman–Crippen LogP) is 4.92. The summed E-state index contributed by atoms with van der Waals surface area (Å²) >= 11 is 7.37. The predicted molar refractivity (Wildman–Crippen MR) is 98.2 cm³/mol. The van der Waals surface area contributed by atoms with Gasteiger partial charge in [0.05, 0.1) is 16.0 Å². The van der Waals surface area contributed by atoms with E-state index in [0.29, 0.717) is 22.1 Å². The van der Waals surface area contributed by atoms with Gasteiger partial charge in [-0.2, -0.15) is 0 Å². The Labute approximate surface area is 157 Å². The van der Waals surface area contributed by atoms with Crippen molar-refractivity contribution in [1.82, 2.24) is 15.2 Å². The minimum absolute atomic E-state index is 0.246. The Morgan fingerprint density at radius 1 is 1.23 bits per heavy atom. The van der Waals surface area contributed by atoms with Crippen molar-refractivity contribution < 1.29 is 13.9 Å². The molecule has 3 aromatic heterocycles. The molecule has 6 nitrogen and oxygen atoms in total. The normalized spacial score (nSPS) is 12.2. The number of pyridine rings is 1. The van der Waals surface area contributed by atoms with Crippen LogP contribution in [0.2, 0.25) is 5.15 Å². The van der Waals surface area contributed by atoms with Gasteiger partial charge in [0, 0.05) is 5.39 Å². The molecule has 4 aromatic rings. The van der Waals surface area contributed by atoms with E-state index in [1.165, 1.54) is 11.3 Å². The molecule has 0 aliphatic heterocycles. The van der Waals surface area contributed by atoms with Crippen LogP contribution in [0.1, 0.15) is 29.3 Å². The third-order valence-electron chi connectivity index (χ3n) is 3.70. The van der Waals surface area contributed by atoms with Gasteiger partial charge in [0.25, 0.3) is 11.8 Å². The molecule has 4 rings (SSSR count). The Kier molecular flexibility index (Phi) is 4.40. The Morgan fingerprint density at radius 3 is 2.92 bits per heavy atom. The van der Waals surface area contributed by atoms with E-state index < -0.39 is 12.1 Å². The van der Waals surface area contributed by atoms with Crippen molar-refractivity contribution in [3.05, 3.63) is 64.5 Å². The van der Waals surface area contributed by atoms with Crippen LogP contribution >= 0.6 is 22.9 Å². The zero-order valence-corrected chi connectivity index (χ0v) is 15.1. The second kappa shape index (κ2) is 6.86. The molecule has 0 saturated carbocycles. The number of fused-ring (bicyclic) bond motifs is 1. The third kappa shape index (κ3) is 3.31. The molecular formula is C18H12ClN3O3S. The van der Waals surface area contributed by atoms with Crippen LogP contribution in [-0.2, 0) is 4.74 Å². The number of thiophene rings is 1. The lowest BCUT2D eigenvalue weighted by molar-refractivity contribution is 0.0280. The fourth-order valence-corrected chi connectivity index (χ4v) is 3.20. The minimum Gasteiger partial charge on any atom is -0.449 e. The number of nitrogens with zero attached hydrogens (tertiary/aromatic N) is 3. The van der Waals surface area contributed by atoms with Crippen LogP contribution in [-0.4, -0.2) is 21.2 Å². The van der Waals surface area contributed by atoms with Gasteiger partial charge < -0.3 is 9.15 Å². The number of halogens is 1. The molecular weight excluding hydrogens is 374 g/mol. The van der Waals surface area contributed by atoms with E-state index in [2.05, 4.69) is 15.2 Å². The molecule has 3 heterocycles. The van der Waals surface area contributed by atoms with Crippen LogP contribution in [0.3, 0.4) is 0 Å². The maximum absolute atomic E-state index is 12.4. The molecule has 0 bridgehead atoms. The lowest BCUT2D eigenvalue weighted by atomic mass is 10.1. The van der Waals surface area contributed by atoms with Crippen molar-refractivity contribution in [2.24, 2.45) is 0 Å². The fourth-order valence-electron chi connectivity index (χ4n) is 2.41. The van der Waals surface area contributed by atoms with E-state index in [1.807, 2.05) is 17.5 Å². The average Bonchev–Trinajstić information content (AvgIpc) is 3.32. The van der Waals surface area contributed by atoms with Crippen molar-refractivity contribution in [3.8, 4) is 10.8 Å². The van der Waals surface area contributed by atoms with Gasteiger partial charge in [-0.3, -0.25) is 0 Å². The van der Waals surface area contributed by atoms with Crippen molar-refractivity contribution in [2.45, 2.75) is 13.0 Å². The first-order valence-corrected chi connectivity index (χ1v) is 9.00. The molecule has 0 aliphatic rings.